The number of fused-ring (bicyclic) bond motifs is 14. The Morgan fingerprint density at radius 1 is 0.649 bits per heavy atom. The van der Waals surface area contributed by atoms with Gasteiger partial charge in [0, 0.05) is 38.6 Å². The van der Waals surface area contributed by atoms with Crippen LogP contribution in [0.15, 0.2) is 168 Å². The molecule has 12 rings (SSSR count). The number of rotatable bonds is 2. The summed E-state index contributed by atoms with van der Waals surface area (Å²) in [5.74, 6) is 1.30. The van der Waals surface area contributed by atoms with Crippen LogP contribution in [-0.2, 0) is 5.41 Å². The summed E-state index contributed by atoms with van der Waals surface area (Å²) in [6.45, 7) is 7.81. The van der Waals surface area contributed by atoms with Gasteiger partial charge in [-0.1, -0.05) is 78.5 Å². The third kappa shape index (κ3) is 4.20. The van der Waals surface area contributed by atoms with Gasteiger partial charge < -0.3 is 14.2 Å². The Balaban J connectivity index is 1.20. The topological polar surface area (TPSA) is 71.3 Å². The van der Waals surface area contributed by atoms with Crippen molar-refractivity contribution in [1.29, 1.82) is 5.26 Å². The lowest BCUT2D eigenvalue weighted by atomic mass is 9.67. The number of nitrogens with zero attached hydrogens (tertiary/aromatic N) is 6. The van der Waals surface area contributed by atoms with E-state index in [2.05, 4.69) is 111 Å². The number of aromatic nitrogens is 3. The van der Waals surface area contributed by atoms with Crippen molar-refractivity contribution in [2.24, 2.45) is 0 Å². The fourth-order valence-electron chi connectivity index (χ4n) is 9.33. The molecule has 5 heterocycles. The fourth-order valence-corrected chi connectivity index (χ4v) is 10.6. The van der Waals surface area contributed by atoms with Gasteiger partial charge in [-0.3, -0.25) is 9.97 Å². The molecule has 264 valence electrons. The minimum absolute atomic E-state index is 0.524. The van der Waals surface area contributed by atoms with Gasteiger partial charge in [0.05, 0.1) is 75.0 Å². The monoisotopic (exact) mass is 746 g/mol. The van der Waals surface area contributed by atoms with Crippen LogP contribution in [0.25, 0.3) is 43.7 Å². The first-order valence-corrected chi connectivity index (χ1v) is 19.4. The molecule has 0 bridgehead atoms. The van der Waals surface area contributed by atoms with Gasteiger partial charge in [-0.2, -0.15) is 5.26 Å². The fraction of sp³-hybridized carbons (Fsp3) is 0.0204. The Morgan fingerprint density at radius 3 is 2.35 bits per heavy atom. The Hall–Kier alpha value is -7.65. The van der Waals surface area contributed by atoms with Gasteiger partial charge in [0.15, 0.2) is 17.2 Å². The van der Waals surface area contributed by atoms with E-state index in [-0.39, 0.29) is 0 Å². The molecule has 3 aromatic heterocycles. The summed E-state index contributed by atoms with van der Waals surface area (Å²) in [4.78, 5) is 18.7. The normalized spacial score (nSPS) is 15.4. The van der Waals surface area contributed by atoms with E-state index in [1.165, 1.54) is 10.5 Å². The third-order valence-corrected chi connectivity index (χ3v) is 12.7. The minimum atomic E-state index is -0.816. The van der Waals surface area contributed by atoms with E-state index in [0.717, 1.165) is 77.5 Å². The van der Waals surface area contributed by atoms with Crippen LogP contribution in [0.3, 0.4) is 0 Å². The van der Waals surface area contributed by atoms with Crippen molar-refractivity contribution in [3.05, 3.63) is 197 Å². The highest BCUT2D eigenvalue weighted by atomic mass is 32.2. The molecule has 0 fully saturated rings. The smallest absolute Gasteiger partial charge is 0.188 e. The van der Waals surface area contributed by atoms with Gasteiger partial charge in [-0.15, -0.1) is 0 Å². The molecule has 2 aliphatic heterocycles. The Morgan fingerprint density at radius 2 is 1.42 bits per heavy atom. The maximum atomic E-state index is 9.79. The number of anilines is 3. The summed E-state index contributed by atoms with van der Waals surface area (Å²) in [6.07, 6.45) is 3.79. The second kappa shape index (κ2) is 11.7. The van der Waals surface area contributed by atoms with E-state index in [0.29, 0.717) is 22.7 Å². The molecule has 8 heteroatoms. The predicted molar refractivity (Wildman–Crippen MR) is 224 cm³/mol. The van der Waals surface area contributed by atoms with Gasteiger partial charge >= 0.3 is 0 Å². The zero-order valence-corrected chi connectivity index (χ0v) is 30.8. The molecule has 1 unspecified atom stereocenters. The van der Waals surface area contributed by atoms with Crippen molar-refractivity contribution in [3.63, 3.8) is 0 Å². The van der Waals surface area contributed by atoms with Gasteiger partial charge in [-0.05, 0) is 89.3 Å². The molecule has 1 atom stereocenters. The third-order valence-electron chi connectivity index (χ3n) is 11.5. The quantitative estimate of drug-likeness (QED) is 0.164. The maximum Gasteiger partial charge on any atom is 0.188 e. The second-order valence-corrected chi connectivity index (χ2v) is 15.4. The molecule has 7 nitrogen and oxygen atoms in total. The molecule has 0 saturated heterocycles. The van der Waals surface area contributed by atoms with Gasteiger partial charge in [0.2, 0.25) is 0 Å². The van der Waals surface area contributed by atoms with Crippen LogP contribution in [0.4, 0.5) is 22.7 Å². The van der Waals surface area contributed by atoms with Gasteiger partial charge in [0.25, 0.3) is 0 Å². The molecule has 0 amide bonds. The van der Waals surface area contributed by atoms with Crippen LogP contribution in [0.1, 0.15) is 27.8 Å². The molecule has 0 radical (unpaired) electrons. The van der Waals surface area contributed by atoms with Crippen LogP contribution in [0.2, 0.25) is 0 Å². The summed E-state index contributed by atoms with van der Waals surface area (Å²) < 4.78 is 8.79. The zero-order valence-electron chi connectivity index (χ0n) is 30.0. The molecule has 1 spiro atoms. The first-order valence-electron chi connectivity index (χ1n) is 18.6. The van der Waals surface area contributed by atoms with E-state index in [1.807, 2.05) is 60.9 Å². The van der Waals surface area contributed by atoms with E-state index >= 15 is 0 Å². The second-order valence-electron chi connectivity index (χ2n) is 14.4. The van der Waals surface area contributed by atoms with Gasteiger partial charge in [-0.25, -0.2) is 4.85 Å². The van der Waals surface area contributed by atoms with Crippen molar-refractivity contribution >= 4 is 56.3 Å². The number of para-hydroxylation sites is 3. The van der Waals surface area contributed by atoms with Crippen molar-refractivity contribution in [2.75, 3.05) is 4.90 Å². The molecule has 0 N–H and O–H groups in total. The number of ether oxygens (including phenoxy) is 1. The number of benzene rings is 6. The molecular weight excluding hydrogens is 721 g/mol. The maximum absolute atomic E-state index is 9.79. The highest BCUT2D eigenvalue weighted by Gasteiger charge is 2.53. The Labute approximate surface area is 331 Å². The molecule has 9 aromatic rings. The number of nitriles is 1. The van der Waals surface area contributed by atoms with Crippen LogP contribution in [0, 0.1) is 17.9 Å². The van der Waals surface area contributed by atoms with E-state index in [1.54, 1.807) is 17.8 Å². The Kier molecular flexibility index (Phi) is 6.49. The lowest BCUT2D eigenvalue weighted by molar-refractivity contribution is 0.477. The summed E-state index contributed by atoms with van der Waals surface area (Å²) >= 11 is 1.79. The van der Waals surface area contributed by atoms with E-state index < -0.39 is 5.41 Å². The Bertz CT molecular complexity index is 3320. The summed E-state index contributed by atoms with van der Waals surface area (Å²) in [6, 6.07) is 52.2. The molecule has 57 heavy (non-hydrogen) atoms. The SMILES string of the molecule is [C-]#[N+]c1ccc2c(c1)c1ccccc1n2-c1cccc2c1C1(c3ccccc3S2)c2cccnc2-c2ncc(N3c4ccccc4Oc4cc(C#N)ccc43)cc21. The van der Waals surface area contributed by atoms with Crippen LogP contribution < -0.4 is 9.64 Å². The number of hydrogen-bond acceptors (Lipinski definition) is 6. The summed E-state index contributed by atoms with van der Waals surface area (Å²) in [5.41, 5.74) is 12.1. The molecule has 3 aliphatic rings. The molecule has 1 aliphatic carbocycles. The lowest BCUT2D eigenvalue weighted by Crippen LogP contribution is -2.33. The average molecular weight is 747 g/mol. The zero-order chi connectivity index (χ0) is 37.8. The van der Waals surface area contributed by atoms with Crippen molar-refractivity contribution < 1.29 is 4.74 Å². The first kappa shape index (κ1) is 31.7. The standard InChI is InChI=1S/C49H26N6OS/c1-51-30-20-22-38-33(25-30)32-10-2-4-13-37(32)55(38)41-15-8-18-45-46(41)49(34-11-3-7-17-44(34)57-45)35-12-9-23-52-47(35)48-36(49)26-31(28-53-48)54-39-14-5-6-16-42(39)56-43-24-29(27-50)19-21-40(43)54/h2-26,28H. The average Bonchev–Trinajstić information content (AvgIpc) is 3.75. The van der Waals surface area contributed by atoms with Crippen molar-refractivity contribution in [3.8, 4) is 34.6 Å². The number of pyridine rings is 2. The summed E-state index contributed by atoms with van der Waals surface area (Å²) in [7, 11) is 0. The molecule has 6 aromatic carbocycles. The van der Waals surface area contributed by atoms with Crippen molar-refractivity contribution in [2.45, 2.75) is 15.2 Å². The van der Waals surface area contributed by atoms with Crippen LogP contribution in [-0.4, -0.2) is 14.5 Å². The van der Waals surface area contributed by atoms with E-state index in [4.69, 9.17) is 21.3 Å². The predicted octanol–water partition coefficient (Wildman–Crippen LogP) is 12.4. The minimum Gasteiger partial charge on any atom is -0.453 e. The largest absolute Gasteiger partial charge is 0.453 e. The highest BCUT2D eigenvalue weighted by Crippen LogP contribution is 2.64. The molecule has 0 saturated carbocycles. The van der Waals surface area contributed by atoms with Crippen LogP contribution in [0.5, 0.6) is 11.5 Å². The lowest BCUT2D eigenvalue weighted by Gasteiger charge is -2.41. The molecular formula is C49H26N6OS. The first-order chi connectivity index (χ1) is 28.2. The number of hydrogen-bond donors (Lipinski definition) is 0. The van der Waals surface area contributed by atoms with Crippen LogP contribution >= 0.6 is 11.8 Å². The van der Waals surface area contributed by atoms with Gasteiger partial charge in [0.1, 0.15) is 0 Å². The summed E-state index contributed by atoms with van der Waals surface area (Å²) in [5, 5.41) is 11.9. The highest BCUT2D eigenvalue weighted by molar-refractivity contribution is 7.99. The van der Waals surface area contributed by atoms with Crippen molar-refractivity contribution in [1.82, 2.24) is 14.5 Å². The van der Waals surface area contributed by atoms with E-state index in [9.17, 15) is 5.26 Å².